The van der Waals surface area contributed by atoms with E-state index in [1.165, 1.54) is 19.2 Å². The molecule has 1 aromatic carbocycles. The summed E-state index contributed by atoms with van der Waals surface area (Å²) >= 11 is 5.93. The number of rotatable bonds is 5. The Hall–Kier alpha value is -1.41. The van der Waals surface area contributed by atoms with Gasteiger partial charge in [0.05, 0.1) is 23.1 Å². The first-order valence-electron chi connectivity index (χ1n) is 7.71. The molecule has 1 heterocycles. The molecule has 1 unspecified atom stereocenters. The second kappa shape index (κ2) is 9.91. The summed E-state index contributed by atoms with van der Waals surface area (Å²) in [5.74, 6) is -0.789. The molecule has 2 N–H and O–H groups in total. The number of halogens is 3. The van der Waals surface area contributed by atoms with Crippen LogP contribution in [0.1, 0.15) is 16.8 Å². The molecule has 1 saturated heterocycles. The molecule has 9 heteroatoms. The van der Waals surface area contributed by atoms with Gasteiger partial charge in [0.1, 0.15) is 5.82 Å². The Kier molecular flexibility index (Phi) is 8.58. The molecule has 25 heavy (non-hydrogen) atoms. The first kappa shape index (κ1) is 21.6. The molecule has 1 aliphatic rings. The Bertz CT molecular complexity index is 606. The zero-order valence-electron chi connectivity index (χ0n) is 13.9. The Morgan fingerprint density at radius 3 is 2.40 bits per heavy atom. The molecule has 1 atom stereocenters. The fraction of sp³-hybridized carbons (Fsp3) is 0.500. The van der Waals surface area contributed by atoms with Crippen LogP contribution < -0.4 is 5.73 Å². The van der Waals surface area contributed by atoms with Crippen molar-refractivity contribution in [2.24, 2.45) is 5.73 Å². The number of amides is 2. The highest BCUT2D eigenvalue weighted by Crippen LogP contribution is 2.20. The van der Waals surface area contributed by atoms with Crippen LogP contribution in [0.25, 0.3) is 0 Å². The summed E-state index contributed by atoms with van der Waals surface area (Å²) in [6, 6.07) is 3.70. The van der Waals surface area contributed by atoms with Crippen molar-refractivity contribution >= 4 is 35.8 Å². The summed E-state index contributed by atoms with van der Waals surface area (Å²) in [4.78, 5) is 27.9. The predicted molar refractivity (Wildman–Crippen MR) is 95.6 cm³/mol. The minimum absolute atomic E-state index is 0. The topological polar surface area (TPSA) is 75.9 Å². The normalized spacial score (nSPS) is 15.5. The van der Waals surface area contributed by atoms with Crippen molar-refractivity contribution in [2.45, 2.75) is 12.5 Å². The third kappa shape index (κ3) is 5.54. The van der Waals surface area contributed by atoms with Crippen LogP contribution in [-0.2, 0) is 9.53 Å². The van der Waals surface area contributed by atoms with E-state index in [-0.39, 0.29) is 53.9 Å². The Morgan fingerprint density at radius 2 is 1.88 bits per heavy atom. The minimum Gasteiger partial charge on any atom is -0.380 e. The van der Waals surface area contributed by atoms with Crippen molar-refractivity contribution in [3.05, 3.63) is 34.6 Å². The molecule has 0 spiro atoms. The molecule has 0 aliphatic carbocycles. The van der Waals surface area contributed by atoms with E-state index in [9.17, 15) is 14.0 Å². The van der Waals surface area contributed by atoms with E-state index in [1.54, 1.807) is 9.80 Å². The molecule has 0 radical (unpaired) electrons. The SMILES string of the molecule is COC(CN)CC(=O)N1CCN(C(=O)c2ccc(F)cc2Cl)CC1.Cl. The monoisotopic (exact) mass is 393 g/mol. The maximum absolute atomic E-state index is 13.1. The summed E-state index contributed by atoms with van der Waals surface area (Å²) in [6.45, 7) is 1.95. The lowest BCUT2D eigenvalue weighted by Crippen LogP contribution is -2.51. The van der Waals surface area contributed by atoms with Crippen molar-refractivity contribution < 1.29 is 18.7 Å². The molecule has 1 aromatic rings. The summed E-state index contributed by atoms with van der Waals surface area (Å²) in [6.07, 6.45) is -0.0692. The van der Waals surface area contributed by atoms with Gasteiger partial charge in [-0.2, -0.15) is 0 Å². The molecular formula is C16H22Cl2FN3O3. The van der Waals surface area contributed by atoms with Gasteiger partial charge in [0.15, 0.2) is 0 Å². The van der Waals surface area contributed by atoms with Crippen LogP contribution in [0.3, 0.4) is 0 Å². The van der Waals surface area contributed by atoms with E-state index in [4.69, 9.17) is 22.1 Å². The van der Waals surface area contributed by atoms with Gasteiger partial charge >= 0.3 is 0 Å². The van der Waals surface area contributed by atoms with E-state index in [2.05, 4.69) is 0 Å². The van der Waals surface area contributed by atoms with Gasteiger partial charge in [0.25, 0.3) is 5.91 Å². The molecular weight excluding hydrogens is 372 g/mol. The maximum Gasteiger partial charge on any atom is 0.255 e. The number of benzene rings is 1. The molecule has 0 aromatic heterocycles. The summed E-state index contributed by atoms with van der Waals surface area (Å²) in [7, 11) is 1.52. The molecule has 6 nitrogen and oxygen atoms in total. The van der Waals surface area contributed by atoms with E-state index in [0.717, 1.165) is 6.07 Å². The van der Waals surface area contributed by atoms with Crippen molar-refractivity contribution in [2.75, 3.05) is 39.8 Å². The van der Waals surface area contributed by atoms with Gasteiger partial charge in [-0.1, -0.05) is 11.6 Å². The first-order valence-corrected chi connectivity index (χ1v) is 8.09. The van der Waals surface area contributed by atoms with Crippen LogP contribution in [0, 0.1) is 5.82 Å². The smallest absolute Gasteiger partial charge is 0.255 e. The molecule has 2 rings (SSSR count). The predicted octanol–water partition coefficient (Wildman–Crippen LogP) is 1.55. The zero-order chi connectivity index (χ0) is 17.7. The van der Waals surface area contributed by atoms with E-state index in [0.29, 0.717) is 26.2 Å². The largest absolute Gasteiger partial charge is 0.380 e. The van der Waals surface area contributed by atoms with Crippen LogP contribution in [0.2, 0.25) is 5.02 Å². The second-order valence-corrected chi connectivity index (χ2v) is 6.00. The standard InChI is InChI=1S/C16H21ClFN3O3.ClH/c1-24-12(10-19)9-15(22)20-4-6-21(7-5-20)16(23)13-3-2-11(18)8-14(13)17;/h2-3,8,12H,4-7,9-10,19H2,1H3;1H. The van der Waals surface area contributed by atoms with Gasteiger partial charge in [-0.05, 0) is 18.2 Å². The summed E-state index contributed by atoms with van der Waals surface area (Å²) in [5.41, 5.74) is 5.79. The lowest BCUT2D eigenvalue weighted by molar-refractivity contribution is -0.135. The first-order chi connectivity index (χ1) is 11.5. The number of nitrogens with two attached hydrogens (primary N) is 1. The highest BCUT2D eigenvalue weighted by atomic mass is 35.5. The van der Waals surface area contributed by atoms with Crippen molar-refractivity contribution in [3.63, 3.8) is 0 Å². The fourth-order valence-corrected chi connectivity index (χ4v) is 2.83. The van der Waals surface area contributed by atoms with Crippen molar-refractivity contribution in [1.29, 1.82) is 0 Å². The van der Waals surface area contributed by atoms with Gasteiger partial charge in [-0.25, -0.2) is 4.39 Å². The fourth-order valence-electron chi connectivity index (χ4n) is 2.58. The summed E-state index contributed by atoms with van der Waals surface area (Å²) in [5, 5.41) is 0.0874. The van der Waals surface area contributed by atoms with E-state index < -0.39 is 5.82 Å². The highest BCUT2D eigenvalue weighted by Gasteiger charge is 2.27. The third-order valence-electron chi connectivity index (χ3n) is 4.08. The van der Waals surface area contributed by atoms with Crippen LogP contribution >= 0.6 is 24.0 Å². The molecule has 0 saturated carbocycles. The number of nitrogens with zero attached hydrogens (tertiary/aromatic N) is 2. The molecule has 1 fully saturated rings. The zero-order valence-corrected chi connectivity index (χ0v) is 15.5. The second-order valence-electron chi connectivity index (χ2n) is 5.59. The molecule has 2 amide bonds. The summed E-state index contributed by atoms with van der Waals surface area (Å²) < 4.78 is 18.2. The Labute approximate surface area is 157 Å². The van der Waals surface area contributed by atoms with E-state index in [1.807, 2.05) is 0 Å². The van der Waals surface area contributed by atoms with Crippen molar-refractivity contribution in [1.82, 2.24) is 9.80 Å². The van der Waals surface area contributed by atoms with Crippen LogP contribution in [0.4, 0.5) is 4.39 Å². The molecule has 1 aliphatic heterocycles. The Balaban J connectivity index is 0.00000312. The van der Waals surface area contributed by atoms with Crippen LogP contribution in [0.15, 0.2) is 18.2 Å². The molecule has 0 bridgehead atoms. The van der Waals surface area contributed by atoms with Crippen LogP contribution in [0.5, 0.6) is 0 Å². The lowest BCUT2D eigenvalue weighted by atomic mass is 10.1. The van der Waals surface area contributed by atoms with Crippen LogP contribution in [-0.4, -0.2) is 67.6 Å². The van der Waals surface area contributed by atoms with Gasteiger partial charge in [0, 0.05) is 39.8 Å². The number of hydrogen-bond acceptors (Lipinski definition) is 4. The van der Waals surface area contributed by atoms with Gasteiger partial charge in [-0.3, -0.25) is 9.59 Å². The third-order valence-corrected chi connectivity index (χ3v) is 4.39. The molecule has 140 valence electrons. The van der Waals surface area contributed by atoms with Crippen molar-refractivity contribution in [3.8, 4) is 0 Å². The minimum atomic E-state index is -0.487. The van der Waals surface area contributed by atoms with Gasteiger partial charge in [-0.15, -0.1) is 12.4 Å². The number of methoxy groups -OCH3 is 1. The lowest BCUT2D eigenvalue weighted by Gasteiger charge is -2.35. The number of piperazine rings is 1. The average molecular weight is 394 g/mol. The van der Waals surface area contributed by atoms with E-state index >= 15 is 0 Å². The van der Waals surface area contributed by atoms with Gasteiger partial charge < -0.3 is 20.3 Å². The Morgan fingerprint density at radius 1 is 1.28 bits per heavy atom. The number of carbonyl (C=O) groups is 2. The highest BCUT2D eigenvalue weighted by molar-refractivity contribution is 6.33. The number of ether oxygens (including phenoxy) is 1. The quantitative estimate of drug-likeness (QED) is 0.823. The number of hydrogen-bond donors (Lipinski definition) is 1. The van der Waals surface area contributed by atoms with Gasteiger partial charge in [0.2, 0.25) is 5.91 Å². The maximum atomic E-state index is 13.1. The number of carbonyl (C=O) groups excluding carboxylic acids is 2. The average Bonchev–Trinajstić information content (AvgIpc) is 2.59.